The first-order valence-electron chi connectivity index (χ1n) is 6.89. The number of piperazine rings is 1. The first-order chi connectivity index (χ1) is 8.83. The van der Waals surface area contributed by atoms with Gasteiger partial charge in [-0.15, -0.1) is 0 Å². The van der Waals surface area contributed by atoms with Crippen molar-refractivity contribution in [2.24, 2.45) is 0 Å². The summed E-state index contributed by atoms with van der Waals surface area (Å²) in [6.07, 6.45) is 1.16. The number of fused-ring (bicyclic) bond motifs is 2. The summed E-state index contributed by atoms with van der Waals surface area (Å²) in [6.45, 7) is 5.16. The number of benzene rings is 1. The molecule has 3 rings (SSSR count). The lowest BCUT2D eigenvalue weighted by Crippen LogP contribution is -2.57. The van der Waals surface area contributed by atoms with Gasteiger partial charge in [0.15, 0.2) is 0 Å². The highest BCUT2D eigenvalue weighted by molar-refractivity contribution is 5.15. The van der Waals surface area contributed by atoms with Gasteiger partial charge in [0.25, 0.3) is 0 Å². The van der Waals surface area contributed by atoms with Crippen LogP contribution >= 0.6 is 0 Å². The van der Waals surface area contributed by atoms with Crippen molar-refractivity contribution in [2.75, 3.05) is 33.4 Å². The lowest BCUT2D eigenvalue weighted by atomic mass is 10.0. The fourth-order valence-electron chi connectivity index (χ4n) is 3.20. The molecule has 98 valence electrons. The summed E-state index contributed by atoms with van der Waals surface area (Å²) in [6, 6.07) is 12.0. The molecule has 1 aromatic rings. The predicted molar refractivity (Wildman–Crippen MR) is 72.5 cm³/mol. The fourth-order valence-corrected chi connectivity index (χ4v) is 3.20. The van der Waals surface area contributed by atoms with E-state index in [0.717, 1.165) is 32.7 Å². The number of hydrogen-bond acceptors (Lipinski definition) is 3. The summed E-state index contributed by atoms with van der Waals surface area (Å²) in [7, 11) is 2.23. The van der Waals surface area contributed by atoms with E-state index in [1.54, 1.807) is 0 Å². The summed E-state index contributed by atoms with van der Waals surface area (Å²) in [5, 5.41) is 0. The SMILES string of the molecule is CN1CC2CCOCC(C1)N2Cc1ccccc1. The van der Waals surface area contributed by atoms with Gasteiger partial charge in [-0.05, 0) is 19.0 Å². The molecule has 2 fully saturated rings. The number of ether oxygens (including phenoxy) is 1. The Morgan fingerprint density at radius 3 is 2.78 bits per heavy atom. The van der Waals surface area contributed by atoms with E-state index >= 15 is 0 Å². The highest BCUT2D eigenvalue weighted by Gasteiger charge is 2.34. The number of likely N-dealkylation sites (N-methyl/N-ethyl adjacent to an activating group) is 1. The van der Waals surface area contributed by atoms with Crippen LogP contribution in [0.25, 0.3) is 0 Å². The zero-order valence-electron chi connectivity index (χ0n) is 11.1. The lowest BCUT2D eigenvalue weighted by Gasteiger charge is -2.44. The largest absolute Gasteiger partial charge is 0.380 e. The van der Waals surface area contributed by atoms with Crippen molar-refractivity contribution >= 4 is 0 Å². The van der Waals surface area contributed by atoms with Crippen LogP contribution in [-0.2, 0) is 11.3 Å². The number of hydrogen-bond donors (Lipinski definition) is 0. The van der Waals surface area contributed by atoms with E-state index in [0.29, 0.717) is 12.1 Å². The standard InChI is InChI=1S/C15H22N2O/c1-16-10-14-7-8-18-12-15(11-16)17(14)9-13-5-3-2-4-6-13/h2-6,14-15H,7-12H2,1H3. The van der Waals surface area contributed by atoms with E-state index in [1.165, 1.54) is 12.1 Å². The van der Waals surface area contributed by atoms with Crippen molar-refractivity contribution in [2.45, 2.75) is 25.0 Å². The van der Waals surface area contributed by atoms with Crippen molar-refractivity contribution in [3.05, 3.63) is 35.9 Å². The molecule has 0 radical (unpaired) electrons. The number of rotatable bonds is 2. The average molecular weight is 246 g/mol. The molecule has 0 aliphatic carbocycles. The quantitative estimate of drug-likeness (QED) is 0.788. The summed E-state index contributed by atoms with van der Waals surface area (Å²) < 4.78 is 5.76. The third-order valence-corrected chi connectivity index (χ3v) is 4.10. The lowest BCUT2D eigenvalue weighted by molar-refractivity contribution is 0.0194. The Hall–Kier alpha value is -0.900. The normalized spacial score (nSPS) is 30.1. The predicted octanol–water partition coefficient (Wildman–Crippen LogP) is 1.59. The first kappa shape index (κ1) is 12.2. The van der Waals surface area contributed by atoms with E-state index in [1.807, 2.05) is 0 Å². The molecular weight excluding hydrogens is 224 g/mol. The maximum absolute atomic E-state index is 5.76. The minimum atomic E-state index is 0.552. The van der Waals surface area contributed by atoms with Crippen LogP contribution < -0.4 is 0 Å². The molecule has 2 atom stereocenters. The molecule has 2 aliphatic rings. The van der Waals surface area contributed by atoms with Gasteiger partial charge in [0.1, 0.15) is 0 Å². The highest BCUT2D eigenvalue weighted by atomic mass is 16.5. The molecule has 0 spiro atoms. The summed E-state index contributed by atoms with van der Waals surface area (Å²) >= 11 is 0. The van der Waals surface area contributed by atoms with E-state index in [-0.39, 0.29) is 0 Å². The zero-order valence-corrected chi connectivity index (χ0v) is 11.1. The molecule has 3 nitrogen and oxygen atoms in total. The molecule has 0 saturated carbocycles. The van der Waals surface area contributed by atoms with Gasteiger partial charge in [-0.3, -0.25) is 4.90 Å². The molecule has 3 heteroatoms. The average Bonchev–Trinajstić information content (AvgIpc) is 2.50. The van der Waals surface area contributed by atoms with E-state index in [4.69, 9.17) is 4.74 Å². The summed E-state index contributed by atoms with van der Waals surface area (Å²) in [5.41, 5.74) is 1.42. The van der Waals surface area contributed by atoms with Crippen LogP contribution in [0.4, 0.5) is 0 Å². The third kappa shape index (κ3) is 2.58. The van der Waals surface area contributed by atoms with Crippen LogP contribution in [0.1, 0.15) is 12.0 Å². The molecule has 2 bridgehead atoms. The summed E-state index contributed by atoms with van der Waals surface area (Å²) in [5.74, 6) is 0. The van der Waals surface area contributed by atoms with Crippen LogP contribution in [-0.4, -0.2) is 55.2 Å². The Morgan fingerprint density at radius 1 is 1.17 bits per heavy atom. The van der Waals surface area contributed by atoms with Crippen molar-refractivity contribution in [3.8, 4) is 0 Å². The highest BCUT2D eigenvalue weighted by Crippen LogP contribution is 2.23. The van der Waals surface area contributed by atoms with E-state index in [2.05, 4.69) is 47.2 Å². The maximum atomic E-state index is 5.76. The Balaban J connectivity index is 1.77. The van der Waals surface area contributed by atoms with Crippen molar-refractivity contribution in [1.29, 1.82) is 0 Å². The topological polar surface area (TPSA) is 15.7 Å². The van der Waals surface area contributed by atoms with Crippen molar-refractivity contribution in [1.82, 2.24) is 9.80 Å². The van der Waals surface area contributed by atoms with Crippen LogP contribution in [0, 0.1) is 0 Å². The van der Waals surface area contributed by atoms with Gasteiger partial charge in [0.2, 0.25) is 0 Å². The molecule has 18 heavy (non-hydrogen) atoms. The molecule has 2 unspecified atom stereocenters. The van der Waals surface area contributed by atoms with Gasteiger partial charge in [-0.25, -0.2) is 0 Å². The molecule has 0 aromatic heterocycles. The maximum Gasteiger partial charge on any atom is 0.0634 e. The van der Waals surface area contributed by atoms with E-state index < -0.39 is 0 Å². The second-order valence-corrected chi connectivity index (χ2v) is 5.55. The third-order valence-electron chi connectivity index (χ3n) is 4.10. The van der Waals surface area contributed by atoms with Gasteiger partial charge in [-0.1, -0.05) is 30.3 Å². The van der Waals surface area contributed by atoms with Crippen molar-refractivity contribution in [3.63, 3.8) is 0 Å². The molecule has 1 aromatic carbocycles. The second-order valence-electron chi connectivity index (χ2n) is 5.55. The monoisotopic (exact) mass is 246 g/mol. The minimum absolute atomic E-state index is 0.552. The zero-order chi connectivity index (χ0) is 12.4. The molecule has 0 amide bonds. The Morgan fingerprint density at radius 2 is 1.94 bits per heavy atom. The first-order valence-corrected chi connectivity index (χ1v) is 6.89. The van der Waals surface area contributed by atoms with Crippen LogP contribution in [0.2, 0.25) is 0 Å². The van der Waals surface area contributed by atoms with Crippen LogP contribution in [0.15, 0.2) is 30.3 Å². The number of nitrogens with zero attached hydrogens (tertiary/aromatic N) is 2. The van der Waals surface area contributed by atoms with Gasteiger partial charge < -0.3 is 9.64 Å². The molecule has 2 aliphatic heterocycles. The van der Waals surface area contributed by atoms with Crippen LogP contribution in [0.5, 0.6) is 0 Å². The van der Waals surface area contributed by atoms with Crippen LogP contribution in [0.3, 0.4) is 0 Å². The smallest absolute Gasteiger partial charge is 0.0634 e. The van der Waals surface area contributed by atoms with Gasteiger partial charge in [0.05, 0.1) is 6.61 Å². The van der Waals surface area contributed by atoms with E-state index in [9.17, 15) is 0 Å². The molecule has 0 N–H and O–H groups in total. The minimum Gasteiger partial charge on any atom is -0.380 e. The van der Waals surface area contributed by atoms with Gasteiger partial charge >= 0.3 is 0 Å². The Bertz CT molecular complexity index is 365. The fraction of sp³-hybridized carbons (Fsp3) is 0.600. The molecule has 2 saturated heterocycles. The second kappa shape index (κ2) is 5.39. The Kier molecular flexibility index (Phi) is 3.64. The summed E-state index contributed by atoms with van der Waals surface area (Å²) in [4.78, 5) is 5.11. The van der Waals surface area contributed by atoms with Crippen molar-refractivity contribution < 1.29 is 4.74 Å². The van der Waals surface area contributed by atoms with Gasteiger partial charge in [-0.2, -0.15) is 0 Å². The molecule has 2 heterocycles. The van der Waals surface area contributed by atoms with Gasteiger partial charge in [0, 0.05) is 38.3 Å². The Labute approximate surface area is 109 Å². The molecular formula is C15H22N2O.